The Hall–Kier alpha value is -1.70. The van der Waals surface area contributed by atoms with E-state index in [4.69, 9.17) is 9.47 Å². The van der Waals surface area contributed by atoms with E-state index in [0.29, 0.717) is 0 Å². The number of fused-ring (bicyclic) bond motifs is 2. The van der Waals surface area contributed by atoms with Gasteiger partial charge in [-0.05, 0) is 22.9 Å². The molecule has 0 bridgehead atoms. The van der Waals surface area contributed by atoms with Crippen molar-refractivity contribution in [2.45, 2.75) is 0 Å². The van der Waals surface area contributed by atoms with Crippen LogP contribution in [-0.2, 0) is 0 Å². The Morgan fingerprint density at radius 1 is 0.769 bits per heavy atom. The second-order valence-electron chi connectivity index (χ2n) is 2.98. The van der Waals surface area contributed by atoms with Crippen molar-refractivity contribution < 1.29 is 9.47 Å². The number of hydrogen-bond donors (Lipinski definition) is 0. The molecule has 1 aliphatic rings. The van der Waals surface area contributed by atoms with Crippen LogP contribution in [0.25, 0.3) is 10.8 Å². The summed E-state index contributed by atoms with van der Waals surface area (Å²) in [5, 5.41) is 2.33. The number of hydrogen-bond acceptors (Lipinski definition) is 2. The van der Waals surface area contributed by atoms with Crippen LogP contribution < -0.4 is 9.47 Å². The fourth-order valence-corrected chi connectivity index (χ4v) is 1.51. The largest absolute Gasteiger partial charge is 0.444 e. The molecule has 0 fully saturated rings. The summed E-state index contributed by atoms with van der Waals surface area (Å²) < 4.78 is 10.3. The van der Waals surface area contributed by atoms with Crippen molar-refractivity contribution in [3.05, 3.63) is 43.2 Å². The smallest absolute Gasteiger partial charge is 0.316 e. The second-order valence-corrected chi connectivity index (χ2v) is 2.98. The van der Waals surface area contributed by atoms with Gasteiger partial charge in [-0.25, -0.2) is 0 Å². The molecule has 2 aromatic carbocycles. The maximum Gasteiger partial charge on any atom is 0.316 e. The average molecular weight is 171 g/mol. The fraction of sp³-hybridized carbons (Fsp3) is 0. The standard InChI is InChI=1S/C11H7O2/c1-2-4-9-6-11-10(12-7-13-11)5-8(9)3-1/h1-7H. The predicted molar refractivity (Wildman–Crippen MR) is 49.5 cm³/mol. The van der Waals surface area contributed by atoms with E-state index in [0.717, 1.165) is 11.5 Å². The van der Waals surface area contributed by atoms with Gasteiger partial charge in [0, 0.05) is 0 Å². The van der Waals surface area contributed by atoms with Gasteiger partial charge in [0.2, 0.25) is 0 Å². The summed E-state index contributed by atoms with van der Waals surface area (Å²) >= 11 is 0. The van der Waals surface area contributed by atoms with Gasteiger partial charge in [0.25, 0.3) is 0 Å². The molecule has 1 aliphatic heterocycles. The topological polar surface area (TPSA) is 18.5 Å². The molecule has 2 aromatic rings. The maximum absolute atomic E-state index is 5.16. The lowest BCUT2D eigenvalue weighted by Gasteiger charge is -1.99. The highest BCUT2D eigenvalue weighted by Crippen LogP contribution is 2.36. The molecule has 0 N–H and O–H groups in total. The minimum absolute atomic E-state index is 0.790. The summed E-state index contributed by atoms with van der Waals surface area (Å²) in [4.78, 5) is 0. The monoisotopic (exact) mass is 171 g/mol. The number of benzene rings is 2. The van der Waals surface area contributed by atoms with Gasteiger partial charge in [-0.3, -0.25) is 0 Å². The minimum Gasteiger partial charge on any atom is -0.444 e. The van der Waals surface area contributed by atoms with E-state index in [1.54, 1.807) is 0 Å². The summed E-state index contributed by atoms with van der Waals surface area (Å²) in [6.07, 6.45) is 0. The van der Waals surface area contributed by atoms with Gasteiger partial charge in [-0.2, -0.15) is 0 Å². The molecule has 0 aromatic heterocycles. The lowest BCUT2D eigenvalue weighted by atomic mass is 10.1. The minimum atomic E-state index is 0.790. The third-order valence-corrected chi connectivity index (χ3v) is 2.16. The third-order valence-electron chi connectivity index (χ3n) is 2.16. The highest BCUT2D eigenvalue weighted by atomic mass is 16.7. The molecule has 13 heavy (non-hydrogen) atoms. The molecule has 0 saturated heterocycles. The Morgan fingerprint density at radius 2 is 1.31 bits per heavy atom. The SMILES string of the molecule is [CH]1Oc2cc3ccccc3cc2O1. The molecule has 63 valence electrons. The van der Waals surface area contributed by atoms with E-state index < -0.39 is 0 Å². The van der Waals surface area contributed by atoms with Crippen LogP contribution >= 0.6 is 0 Å². The first-order chi connectivity index (χ1) is 6.43. The first kappa shape index (κ1) is 6.78. The van der Waals surface area contributed by atoms with Gasteiger partial charge in [-0.15, -0.1) is 0 Å². The zero-order chi connectivity index (χ0) is 8.67. The van der Waals surface area contributed by atoms with Gasteiger partial charge in [0.1, 0.15) is 0 Å². The summed E-state index contributed by atoms with van der Waals surface area (Å²) in [5.41, 5.74) is 0. The number of ether oxygens (including phenoxy) is 2. The normalized spacial score (nSPS) is 13.5. The molecular weight excluding hydrogens is 164 g/mol. The molecule has 0 atom stereocenters. The van der Waals surface area contributed by atoms with Crippen LogP contribution in [0.5, 0.6) is 11.5 Å². The van der Waals surface area contributed by atoms with E-state index >= 15 is 0 Å². The van der Waals surface area contributed by atoms with Crippen LogP contribution in [0.2, 0.25) is 0 Å². The van der Waals surface area contributed by atoms with Crippen molar-refractivity contribution in [1.29, 1.82) is 0 Å². The van der Waals surface area contributed by atoms with Gasteiger partial charge >= 0.3 is 6.79 Å². The molecule has 3 rings (SSSR count). The molecule has 1 heterocycles. The lowest BCUT2D eigenvalue weighted by molar-refractivity contribution is 0.270. The van der Waals surface area contributed by atoms with E-state index in [2.05, 4.69) is 12.1 Å². The molecule has 2 heteroatoms. The van der Waals surface area contributed by atoms with Crippen molar-refractivity contribution in [2.75, 3.05) is 0 Å². The number of rotatable bonds is 0. The zero-order valence-corrected chi connectivity index (χ0v) is 6.86. The first-order valence-electron chi connectivity index (χ1n) is 4.11. The van der Waals surface area contributed by atoms with Crippen molar-refractivity contribution in [3.8, 4) is 11.5 Å². The van der Waals surface area contributed by atoms with Crippen LogP contribution in [0, 0.1) is 6.79 Å². The Bertz CT molecular complexity index is 420. The van der Waals surface area contributed by atoms with E-state index in [-0.39, 0.29) is 0 Å². The van der Waals surface area contributed by atoms with Crippen molar-refractivity contribution in [1.82, 2.24) is 0 Å². The van der Waals surface area contributed by atoms with Crippen LogP contribution in [0.4, 0.5) is 0 Å². The van der Waals surface area contributed by atoms with Crippen molar-refractivity contribution in [3.63, 3.8) is 0 Å². The van der Waals surface area contributed by atoms with Crippen LogP contribution in [0.1, 0.15) is 0 Å². The lowest BCUT2D eigenvalue weighted by Crippen LogP contribution is -1.82. The molecule has 0 spiro atoms. The molecule has 0 amide bonds. The van der Waals surface area contributed by atoms with E-state index in [1.807, 2.05) is 24.3 Å². The Labute approximate surface area is 75.7 Å². The van der Waals surface area contributed by atoms with E-state index in [9.17, 15) is 0 Å². The first-order valence-corrected chi connectivity index (χ1v) is 4.11. The van der Waals surface area contributed by atoms with Crippen molar-refractivity contribution >= 4 is 10.8 Å². The third kappa shape index (κ3) is 0.952. The molecule has 0 unspecified atom stereocenters. The van der Waals surface area contributed by atoms with E-state index in [1.165, 1.54) is 17.6 Å². The highest BCUT2D eigenvalue weighted by molar-refractivity contribution is 5.86. The average Bonchev–Trinajstić information content (AvgIpc) is 2.61. The van der Waals surface area contributed by atoms with Gasteiger partial charge in [0.15, 0.2) is 11.5 Å². The summed E-state index contributed by atoms with van der Waals surface area (Å²) in [6, 6.07) is 12.1. The van der Waals surface area contributed by atoms with Crippen molar-refractivity contribution in [2.24, 2.45) is 0 Å². The Morgan fingerprint density at radius 3 is 1.85 bits per heavy atom. The van der Waals surface area contributed by atoms with Crippen LogP contribution in [0.3, 0.4) is 0 Å². The quantitative estimate of drug-likeness (QED) is 0.606. The zero-order valence-electron chi connectivity index (χ0n) is 6.86. The molecule has 0 aliphatic carbocycles. The summed E-state index contributed by atoms with van der Waals surface area (Å²) in [7, 11) is 0. The predicted octanol–water partition coefficient (Wildman–Crippen LogP) is 2.73. The Kier molecular flexibility index (Phi) is 1.25. The fourth-order valence-electron chi connectivity index (χ4n) is 1.51. The van der Waals surface area contributed by atoms with Gasteiger partial charge in [0.05, 0.1) is 0 Å². The van der Waals surface area contributed by atoms with Crippen LogP contribution in [-0.4, -0.2) is 0 Å². The van der Waals surface area contributed by atoms with Gasteiger partial charge in [-0.1, -0.05) is 24.3 Å². The molecule has 1 radical (unpaired) electrons. The second kappa shape index (κ2) is 2.39. The maximum atomic E-state index is 5.16. The molecule has 0 saturated carbocycles. The molecular formula is C11H7O2. The highest BCUT2D eigenvalue weighted by Gasteiger charge is 2.14. The summed E-state index contributed by atoms with van der Waals surface area (Å²) in [6.45, 7) is 1.35. The summed E-state index contributed by atoms with van der Waals surface area (Å²) in [5.74, 6) is 1.58. The Balaban J connectivity index is 2.36. The molecule has 2 nitrogen and oxygen atoms in total. The van der Waals surface area contributed by atoms with Crippen LogP contribution in [0.15, 0.2) is 36.4 Å². The van der Waals surface area contributed by atoms with Gasteiger partial charge < -0.3 is 9.47 Å².